The summed E-state index contributed by atoms with van der Waals surface area (Å²) >= 11 is 7.20. The van der Waals surface area contributed by atoms with Crippen molar-refractivity contribution in [1.29, 1.82) is 0 Å². The fourth-order valence-corrected chi connectivity index (χ4v) is 1.98. The van der Waals surface area contributed by atoms with Crippen LogP contribution in [0.4, 0.5) is 14.5 Å². The van der Waals surface area contributed by atoms with Crippen LogP contribution in [0.25, 0.3) is 0 Å². The lowest BCUT2D eigenvalue weighted by Crippen LogP contribution is -2.36. The van der Waals surface area contributed by atoms with Gasteiger partial charge >= 0.3 is 0 Å². The highest BCUT2D eigenvalue weighted by Crippen LogP contribution is 2.26. The molecule has 1 aromatic carbocycles. The van der Waals surface area contributed by atoms with E-state index in [0.717, 1.165) is 6.07 Å². The van der Waals surface area contributed by atoms with E-state index >= 15 is 0 Å². The number of thioether (sulfide) groups is 1. The summed E-state index contributed by atoms with van der Waals surface area (Å²) in [5.41, 5.74) is 5.37. The van der Waals surface area contributed by atoms with Crippen molar-refractivity contribution in [2.45, 2.75) is 12.5 Å². The number of amides is 1. The minimum absolute atomic E-state index is 0.196. The Hall–Kier alpha value is -0.850. The van der Waals surface area contributed by atoms with E-state index in [9.17, 15) is 13.6 Å². The third kappa shape index (κ3) is 4.12. The molecule has 1 rings (SSSR count). The molecule has 0 aliphatic carbocycles. The number of anilines is 1. The monoisotopic (exact) mass is 294 g/mol. The Morgan fingerprint density at radius 3 is 2.78 bits per heavy atom. The first kappa shape index (κ1) is 15.2. The molecule has 0 unspecified atom stereocenters. The summed E-state index contributed by atoms with van der Waals surface area (Å²) in [5.74, 6) is -1.56. The SMILES string of the molecule is CSCC[C@@H](N)C(=O)Nc1c(F)cc(F)cc1Cl. The zero-order valence-corrected chi connectivity index (χ0v) is 11.2. The van der Waals surface area contributed by atoms with Gasteiger partial charge in [0.25, 0.3) is 0 Å². The third-order valence-electron chi connectivity index (χ3n) is 2.22. The van der Waals surface area contributed by atoms with Gasteiger partial charge in [0.15, 0.2) is 5.82 Å². The summed E-state index contributed by atoms with van der Waals surface area (Å²) in [6.45, 7) is 0. The van der Waals surface area contributed by atoms with Gasteiger partial charge in [-0.25, -0.2) is 8.78 Å². The molecule has 0 fully saturated rings. The zero-order chi connectivity index (χ0) is 13.7. The highest BCUT2D eigenvalue weighted by Gasteiger charge is 2.17. The molecule has 0 saturated carbocycles. The molecular weight excluding hydrogens is 282 g/mol. The number of benzene rings is 1. The van der Waals surface area contributed by atoms with Gasteiger partial charge in [0.05, 0.1) is 16.8 Å². The van der Waals surface area contributed by atoms with Crippen LogP contribution in [0.2, 0.25) is 5.02 Å². The van der Waals surface area contributed by atoms with Crippen LogP contribution in [0.3, 0.4) is 0 Å². The van der Waals surface area contributed by atoms with E-state index in [1.165, 1.54) is 0 Å². The Morgan fingerprint density at radius 1 is 1.56 bits per heavy atom. The van der Waals surface area contributed by atoms with Crippen LogP contribution in [0.15, 0.2) is 12.1 Å². The van der Waals surface area contributed by atoms with E-state index in [1.54, 1.807) is 11.8 Å². The molecule has 18 heavy (non-hydrogen) atoms. The second kappa shape index (κ2) is 6.92. The maximum Gasteiger partial charge on any atom is 0.241 e. The normalized spacial score (nSPS) is 12.3. The molecule has 100 valence electrons. The van der Waals surface area contributed by atoms with Gasteiger partial charge in [-0.15, -0.1) is 0 Å². The van der Waals surface area contributed by atoms with Crippen molar-refractivity contribution in [3.8, 4) is 0 Å². The maximum absolute atomic E-state index is 13.4. The van der Waals surface area contributed by atoms with Crippen LogP contribution in [-0.4, -0.2) is 24.0 Å². The summed E-state index contributed by atoms with van der Waals surface area (Å²) in [6.07, 6.45) is 2.36. The number of halogens is 3. The van der Waals surface area contributed by atoms with E-state index < -0.39 is 23.6 Å². The Balaban J connectivity index is 2.76. The number of hydrogen-bond donors (Lipinski definition) is 2. The van der Waals surface area contributed by atoms with Gasteiger partial charge in [-0.05, 0) is 24.5 Å². The number of rotatable bonds is 5. The minimum Gasteiger partial charge on any atom is -0.321 e. The first-order valence-corrected chi connectivity index (χ1v) is 6.92. The van der Waals surface area contributed by atoms with Gasteiger partial charge in [0, 0.05) is 6.07 Å². The minimum atomic E-state index is -0.926. The lowest BCUT2D eigenvalue weighted by molar-refractivity contribution is -0.117. The Bertz CT molecular complexity index is 422. The van der Waals surface area contributed by atoms with Crippen molar-refractivity contribution in [1.82, 2.24) is 0 Å². The lowest BCUT2D eigenvalue weighted by Gasteiger charge is -2.13. The number of carbonyl (C=O) groups is 1. The summed E-state index contributed by atoms with van der Waals surface area (Å²) in [7, 11) is 0. The molecule has 1 aromatic rings. The molecule has 0 aliphatic heterocycles. The molecule has 0 bridgehead atoms. The molecule has 0 heterocycles. The third-order valence-corrected chi connectivity index (χ3v) is 3.17. The molecular formula is C11H13ClF2N2OS. The topological polar surface area (TPSA) is 55.1 Å². The highest BCUT2D eigenvalue weighted by molar-refractivity contribution is 7.98. The molecule has 7 heteroatoms. The molecule has 1 amide bonds. The van der Waals surface area contributed by atoms with E-state index in [-0.39, 0.29) is 10.7 Å². The molecule has 3 nitrogen and oxygen atoms in total. The molecule has 0 radical (unpaired) electrons. The zero-order valence-electron chi connectivity index (χ0n) is 9.67. The molecule has 3 N–H and O–H groups in total. The summed E-state index contributed by atoms with van der Waals surface area (Å²) in [6, 6.07) is 0.820. The van der Waals surface area contributed by atoms with Crippen molar-refractivity contribution in [3.63, 3.8) is 0 Å². The first-order chi connectivity index (χ1) is 8.45. The Labute approximate surface area is 113 Å². The molecule has 0 spiro atoms. The predicted octanol–water partition coefficient (Wildman–Crippen LogP) is 2.64. The van der Waals surface area contributed by atoms with Gasteiger partial charge in [-0.1, -0.05) is 11.6 Å². The number of hydrogen-bond acceptors (Lipinski definition) is 3. The van der Waals surface area contributed by atoms with Crippen LogP contribution in [0.5, 0.6) is 0 Å². The van der Waals surface area contributed by atoms with Crippen molar-refractivity contribution in [2.75, 3.05) is 17.3 Å². The van der Waals surface area contributed by atoms with Crippen molar-refractivity contribution in [2.24, 2.45) is 5.73 Å². The number of carbonyl (C=O) groups excluding carboxylic acids is 1. The van der Waals surface area contributed by atoms with Crippen LogP contribution < -0.4 is 11.1 Å². The second-order valence-corrected chi connectivity index (χ2v) is 5.01. The van der Waals surface area contributed by atoms with E-state index in [0.29, 0.717) is 18.2 Å². The fourth-order valence-electron chi connectivity index (χ4n) is 1.25. The van der Waals surface area contributed by atoms with Gasteiger partial charge in [-0.3, -0.25) is 4.79 Å². The van der Waals surface area contributed by atoms with Crippen molar-refractivity contribution >= 4 is 35.0 Å². The molecule has 0 aliphatic rings. The average Bonchev–Trinajstić information content (AvgIpc) is 2.30. The van der Waals surface area contributed by atoms with Crippen LogP contribution in [0.1, 0.15) is 6.42 Å². The van der Waals surface area contributed by atoms with Crippen molar-refractivity contribution in [3.05, 3.63) is 28.8 Å². The van der Waals surface area contributed by atoms with Crippen molar-refractivity contribution < 1.29 is 13.6 Å². The van der Waals surface area contributed by atoms with Crippen LogP contribution in [0, 0.1) is 11.6 Å². The summed E-state index contributed by atoms with van der Waals surface area (Å²) in [5, 5.41) is 2.07. The quantitative estimate of drug-likeness (QED) is 0.878. The fraction of sp³-hybridized carbons (Fsp3) is 0.364. The maximum atomic E-state index is 13.4. The van der Waals surface area contributed by atoms with Gasteiger partial charge < -0.3 is 11.1 Å². The lowest BCUT2D eigenvalue weighted by atomic mass is 10.2. The van der Waals surface area contributed by atoms with Crippen LogP contribution >= 0.6 is 23.4 Å². The molecule has 0 saturated heterocycles. The Kier molecular flexibility index (Phi) is 5.84. The smallest absolute Gasteiger partial charge is 0.241 e. The summed E-state index contributed by atoms with van der Waals surface area (Å²) < 4.78 is 26.2. The largest absolute Gasteiger partial charge is 0.321 e. The van der Waals surface area contributed by atoms with E-state index in [2.05, 4.69) is 5.32 Å². The highest BCUT2D eigenvalue weighted by atomic mass is 35.5. The molecule has 0 aromatic heterocycles. The average molecular weight is 295 g/mol. The van der Waals surface area contributed by atoms with Crippen LogP contribution in [-0.2, 0) is 4.79 Å². The number of nitrogens with one attached hydrogen (secondary N) is 1. The summed E-state index contributed by atoms with van der Waals surface area (Å²) in [4.78, 5) is 11.6. The second-order valence-electron chi connectivity index (χ2n) is 3.62. The van der Waals surface area contributed by atoms with Gasteiger partial charge in [0.1, 0.15) is 5.82 Å². The standard InChI is InChI=1S/C11H13ClF2N2OS/c1-18-3-2-9(15)11(17)16-10-7(12)4-6(13)5-8(10)14/h4-5,9H,2-3,15H2,1H3,(H,16,17)/t9-/m1/s1. The van der Waals surface area contributed by atoms with Gasteiger partial charge in [-0.2, -0.15) is 11.8 Å². The van der Waals surface area contributed by atoms with E-state index in [1.807, 2.05) is 6.26 Å². The first-order valence-electron chi connectivity index (χ1n) is 5.15. The number of nitrogens with two attached hydrogens (primary N) is 1. The van der Waals surface area contributed by atoms with Gasteiger partial charge in [0.2, 0.25) is 5.91 Å². The molecule has 1 atom stereocenters. The van der Waals surface area contributed by atoms with E-state index in [4.69, 9.17) is 17.3 Å². The Morgan fingerprint density at radius 2 is 2.22 bits per heavy atom. The predicted molar refractivity (Wildman–Crippen MR) is 71.0 cm³/mol.